The van der Waals surface area contributed by atoms with Crippen molar-refractivity contribution < 1.29 is 38.4 Å². The van der Waals surface area contributed by atoms with E-state index >= 15 is 0 Å². The number of hydrogen-bond acceptors (Lipinski definition) is 3. The van der Waals surface area contributed by atoms with E-state index in [9.17, 15) is 34.3 Å². The second-order valence-electron chi connectivity index (χ2n) is 2.38. The van der Waals surface area contributed by atoms with Crippen LogP contribution < -0.4 is 4.18 Å². The van der Waals surface area contributed by atoms with Gasteiger partial charge in [-0.05, 0) is 0 Å². The summed E-state index contributed by atoms with van der Waals surface area (Å²) >= 11 is 0. The molecule has 10 heteroatoms. The topological polar surface area (TPSA) is 43.4 Å². The summed E-state index contributed by atoms with van der Waals surface area (Å²) < 4.78 is 97.1. The fourth-order valence-corrected chi connectivity index (χ4v) is 1.10. The van der Waals surface area contributed by atoms with Crippen molar-refractivity contribution in [3.63, 3.8) is 0 Å². The monoisotopic (exact) mass is 266 g/mol. The fourth-order valence-electron chi connectivity index (χ4n) is 0.757. The van der Waals surface area contributed by atoms with E-state index in [1.807, 2.05) is 0 Å². The van der Waals surface area contributed by atoms with Gasteiger partial charge in [-0.1, -0.05) is 3.89 Å². The first kappa shape index (κ1) is 12.6. The highest BCUT2D eigenvalue weighted by Crippen LogP contribution is 2.30. The van der Waals surface area contributed by atoms with Gasteiger partial charge in [-0.25, -0.2) is 13.2 Å². The Bertz CT molecular complexity index is 511. The van der Waals surface area contributed by atoms with Crippen LogP contribution in [0, 0.1) is 29.1 Å². The third-order valence-corrected chi connectivity index (χ3v) is 1.72. The minimum absolute atomic E-state index is 2.22. The summed E-state index contributed by atoms with van der Waals surface area (Å²) in [5.74, 6) is -14.8. The summed E-state index contributed by atoms with van der Waals surface area (Å²) in [6.45, 7) is 0. The standard InChI is InChI=1S/C6F6O3S/c7-1-2(8)4(10)6(5(11)3(1)9)15-16(12,13)14. The van der Waals surface area contributed by atoms with Crippen LogP contribution in [0.2, 0.25) is 0 Å². The van der Waals surface area contributed by atoms with Gasteiger partial charge in [0, 0.05) is 0 Å². The van der Waals surface area contributed by atoms with Crippen molar-refractivity contribution in [2.75, 3.05) is 0 Å². The molecular formula is C6F6O3S. The highest BCUT2D eigenvalue weighted by atomic mass is 32.3. The van der Waals surface area contributed by atoms with Crippen molar-refractivity contribution in [2.45, 2.75) is 0 Å². The third-order valence-electron chi connectivity index (χ3n) is 1.35. The zero-order valence-electron chi connectivity index (χ0n) is 6.90. The zero-order chi connectivity index (χ0) is 12.7. The Balaban J connectivity index is 3.52. The third kappa shape index (κ3) is 2.21. The maximum absolute atomic E-state index is 12.7. The van der Waals surface area contributed by atoms with Crippen molar-refractivity contribution in [3.05, 3.63) is 29.1 Å². The molecule has 90 valence electrons. The maximum Gasteiger partial charge on any atom is 0.488 e. The Labute approximate surface area is 84.7 Å². The molecule has 0 heterocycles. The van der Waals surface area contributed by atoms with Crippen LogP contribution in [0.15, 0.2) is 0 Å². The van der Waals surface area contributed by atoms with Crippen molar-refractivity contribution in [1.29, 1.82) is 0 Å². The lowest BCUT2D eigenvalue weighted by Gasteiger charge is -2.05. The number of benzene rings is 1. The Morgan fingerprint density at radius 3 is 1.38 bits per heavy atom. The molecule has 3 nitrogen and oxygen atoms in total. The van der Waals surface area contributed by atoms with Gasteiger partial charge in [0.25, 0.3) is 0 Å². The summed E-state index contributed by atoms with van der Waals surface area (Å²) in [4.78, 5) is 0. The van der Waals surface area contributed by atoms with Gasteiger partial charge in [-0.3, -0.25) is 0 Å². The lowest BCUT2D eigenvalue weighted by molar-refractivity contribution is 0.339. The number of rotatable bonds is 2. The molecule has 0 unspecified atom stereocenters. The summed E-state index contributed by atoms with van der Waals surface area (Å²) in [5.41, 5.74) is 0. The minimum atomic E-state index is -5.90. The summed E-state index contributed by atoms with van der Waals surface area (Å²) in [6.07, 6.45) is 0. The average molecular weight is 266 g/mol. The predicted octanol–water partition coefficient (Wildman–Crippen LogP) is 1.98. The molecule has 0 aliphatic rings. The van der Waals surface area contributed by atoms with E-state index in [0.29, 0.717) is 0 Å². The highest BCUT2D eigenvalue weighted by Gasteiger charge is 2.30. The molecule has 0 spiro atoms. The van der Waals surface area contributed by atoms with E-state index in [4.69, 9.17) is 0 Å². The van der Waals surface area contributed by atoms with Crippen molar-refractivity contribution in [1.82, 2.24) is 0 Å². The lowest BCUT2D eigenvalue weighted by Crippen LogP contribution is -2.09. The maximum atomic E-state index is 12.7. The van der Waals surface area contributed by atoms with Crippen LogP contribution in [0.1, 0.15) is 0 Å². The van der Waals surface area contributed by atoms with E-state index < -0.39 is 45.3 Å². The molecule has 1 aromatic carbocycles. The molecule has 16 heavy (non-hydrogen) atoms. The second-order valence-corrected chi connectivity index (χ2v) is 3.33. The Kier molecular flexibility index (Phi) is 3.03. The van der Waals surface area contributed by atoms with Gasteiger partial charge in [-0.15, -0.1) is 0 Å². The van der Waals surface area contributed by atoms with E-state index in [2.05, 4.69) is 4.18 Å². The van der Waals surface area contributed by atoms with Gasteiger partial charge in [0.05, 0.1) is 0 Å². The molecule has 1 rings (SSSR count). The molecule has 1 aromatic rings. The van der Waals surface area contributed by atoms with Crippen LogP contribution >= 0.6 is 0 Å². The summed E-state index contributed by atoms with van der Waals surface area (Å²) in [6, 6.07) is 0. The number of hydrogen-bond donors (Lipinski definition) is 0. The number of halogens is 6. The van der Waals surface area contributed by atoms with Crippen LogP contribution in [0.3, 0.4) is 0 Å². The van der Waals surface area contributed by atoms with Crippen LogP contribution in [0.25, 0.3) is 0 Å². The van der Waals surface area contributed by atoms with Crippen molar-refractivity contribution >= 4 is 10.5 Å². The molecule has 0 aromatic heterocycles. The van der Waals surface area contributed by atoms with E-state index in [0.717, 1.165) is 0 Å². The molecule has 0 aliphatic heterocycles. The average Bonchev–Trinajstić information content (AvgIpc) is 2.17. The molecular weight excluding hydrogens is 266 g/mol. The summed E-state index contributed by atoms with van der Waals surface area (Å²) in [5, 5.41) is 0. The van der Waals surface area contributed by atoms with Gasteiger partial charge in [0.2, 0.25) is 34.8 Å². The van der Waals surface area contributed by atoms with E-state index in [1.54, 1.807) is 0 Å². The van der Waals surface area contributed by atoms with Gasteiger partial charge < -0.3 is 4.18 Å². The molecule has 0 saturated carbocycles. The first-order valence-corrected chi connectivity index (χ1v) is 4.61. The van der Waals surface area contributed by atoms with Crippen molar-refractivity contribution in [3.8, 4) is 5.75 Å². The predicted molar refractivity (Wildman–Crippen MR) is 36.9 cm³/mol. The molecule has 0 fully saturated rings. The SMILES string of the molecule is O=S(=O)(F)Oc1c(F)c(F)c(F)c(F)c1F. The smallest absolute Gasteiger partial charge is 0.352 e. The van der Waals surface area contributed by atoms with E-state index in [1.165, 1.54) is 0 Å². The van der Waals surface area contributed by atoms with Crippen LogP contribution in [0.4, 0.5) is 25.8 Å². The van der Waals surface area contributed by atoms with Crippen LogP contribution in [-0.4, -0.2) is 8.42 Å². The Hall–Kier alpha value is -1.45. The molecule has 0 radical (unpaired) electrons. The lowest BCUT2D eigenvalue weighted by atomic mass is 10.3. The zero-order valence-corrected chi connectivity index (χ0v) is 7.72. The van der Waals surface area contributed by atoms with Gasteiger partial charge in [0.15, 0.2) is 0 Å². The Morgan fingerprint density at radius 2 is 1.06 bits per heavy atom. The van der Waals surface area contributed by atoms with Gasteiger partial charge in [0.1, 0.15) is 0 Å². The fraction of sp³-hybridized carbons (Fsp3) is 0. The van der Waals surface area contributed by atoms with Crippen LogP contribution in [0.5, 0.6) is 5.75 Å². The van der Waals surface area contributed by atoms with Gasteiger partial charge in [-0.2, -0.15) is 17.2 Å². The highest BCUT2D eigenvalue weighted by molar-refractivity contribution is 7.81. The van der Waals surface area contributed by atoms with E-state index in [-0.39, 0.29) is 0 Å². The van der Waals surface area contributed by atoms with Crippen molar-refractivity contribution in [2.24, 2.45) is 0 Å². The first-order chi connectivity index (χ1) is 7.15. The minimum Gasteiger partial charge on any atom is -0.352 e. The normalized spacial score (nSPS) is 11.6. The molecule has 0 atom stereocenters. The molecule has 0 amide bonds. The molecule has 0 N–H and O–H groups in total. The summed E-state index contributed by atoms with van der Waals surface area (Å²) in [7, 11) is -5.90. The molecule has 0 bridgehead atoms. The molecule has 0 aliphatic carbocycles. The second kappa shape index (κ2) is 3.85. The van der Waals surface area contributed by atoms with Crippen LogP contribution in [-0.2, 0) is 10.5 Å². The largest absolute Gasteiger partial charge is 0.488 e. The van der Waals surface area contributed by atoms with Gasteiger partial charge >= 0.3 is 10.5 Å². The first-order valence-electron chi connectivity index (χ1n) is 3.30. The molecule has 0 saturated heterocycles. The Morgan fingerprint density at radius 1 is 0.750 bits per heavy atom. The quantitative estimate of drug-likeness (QED) is 0.356.